The maximum atomic E-state index is 11.9. The number of piperidine rings is 1. The first-order valence-electron chi connectivity index (χ1n) is 6.71. The third-order valence-corrected chi connectivity index (χ3v) is 3.26. The molecule has 0 aromatic carbocycles. The van der Waals surface area contributed by atoms with Gasteiger partial charge >= 0.3 is 6.09 Å². The van der Waals surface area contributed by atoms with E-state index in [0.717, 1.165) is 31.8 Å². The fourth-order valence-corrected chi connectivity index (χ4v) is 2.31. The number of aryl methyl sites for hydroxylation is 1. The topological polar surface area (TPSA) is 60.2 Å². The van der Waals surface area contributed by atoms with E-state index in [1.165, 1.54) is 0 Å². The highest BCUT2D eigenvalue weighted by atomic mass is 16.6. The summed E-state index contributed by atoms with van der Waals surface area (Å²) in [5.74, 6) is 0.927. The van der Waals surface area contributed by atoms with Gasteiger partial charge in [0.25, 0.3) is 0 Å². The standard InChI is InChI=1S/C13H22N4O2/c1-10-15-14-9-17(10)11-5-7-16(8-6-11)12(18)19-13(2,3)4/h9,11H,5-8H2,1-4H3. The molecule has 1 fully saturated rings. The molecule has 2 rings (SSSR count). The highest BCUT2D eigenvalue weighted by Gasteiger charge is 2.27. The van der Waals surface area contributed by atoms with E-state index in [1.54, 1.807) is 11.2 Å². The summed E-state index contributed by atoms with van der Waals surface area (Å²) in [7, 11) is 0. The molecule has 0 radical (unpaired) electrons. The quantitative estimate of drug-likeness (QED) is 0.781. The second-order valence-electron chi connectivity index (χ2n) is 5.98. The molecular weight excluding hydrogens is 244 g/mol. The predicted octanol–water partition coefficient (Wildman–Crippen LogP) is 2.16. The van der Waals surface area contributed by atoms with Crippen LogP contribution in [0.4, 0.5) is 4.79 Å². The molecule has 0 atom stereocenters. The van der Waals surface area contributed by atoms with Crippen molar-refractivity contribution in [2.24, 2.45) is 0 Å². The van der Waals surface area contributed by atoms with Crippen LogP contribution in [0.25, 0.3) is 0 Å². The molecule has 19 heavy (non-hydrogen) atoms. The maximum Gasteiger partial charge on any atom is 0.410 e. The zero-order valence-corrected chi connectivity index (χ0v) is 12.1. The SMILES string of the molecule is Cc1nncn1C1CCN(C(=O)OC(C)(C)C)CC1. The lowest BCUT2D eigenvalue weighted by molar-refractivity contribution is 0.0188. The lowest BCUT2D eigenvalue weighted by atomic mass is 10.1. The molecule has 6 heteroatoms. The third-order valence-electron chi connectivity index (χ3n) is 3.26. The molecule has 106 valence electrons. The normalized spacial score (nSPS) is 17.6. The molecule has 1 aliphatic heterocycles. The van der Waals surface area contributed by atoms with Crippen LogP contribution in [0.5, 0.6) is 0 Å². The summed E-state index contributed by atoms with van der Waals surface area (Å²) in [5.41, 5.74) is -0.432. The minimum atomic E-state index is -0.432. The molecule has 1 amide bonds. The van der Waals surface area contributed by atoms with E-state index in [2.05, 4.69) is 14.8 Å². The zero-order chi connectivity index (χ0) is 14.0. The third kappa shape index (κ3) is 3.45. The van der Waals surface area contributed by atoms with E-state index in [4.69, 9.17) is 4.74 Å². The van der Waals surface area contributed by atoms with Gasteiger partial charge in [-0.05, 0) is 40.5 Å². The van der Waals surface area contributed by atoms with Gasteiger partial charge in [0.1, 0.15) is 17.8 Å². The molecule has 1 aromatic heterocycles. The van der Waals surface area contributed by atoms with Crippen LogP contribution in [-0.2, 0) is 4.74 Å². The van der Waals surface area contributed by atoms with Crippen LogP contribution < -0.4 is 0 Å². The molecule has 0 unspecified atom stereocenters. The Bertz CT molecular complexity index is 442. The Kier molecular flexibility index (Phi) is 3.78. The number of aromatic nitrogens is 3. The van der Waals surface area contributed by atoms with Gasteiger partial charge in [0.2, 0.25) is 0 Å². The van der Waals surface area contributed by atoms with Gasteiger partial charge in [-0.25, -0.2) is 4.79 Å². The summed E-state index contributed by atoms with van der Waals surface area (Å²) in [6.45, 7) is 9.05. The molecule has 6 nitrogen and oxygen atoms in total. The summed E-state index contributed by atoms with van der Waals surface area (Å²) in [5, 5.41) is 7.91. The highest BCUT2D eigenvalue weighted by molar-refractivity contribution is 5.68. The first-order chi connectivity index (χ1) is 8.87. The molecule has 0 bridgehead atoms. The van der Waals surface area contributed by atoms with Crippen LogP contribution in [0.3, 0.4) is 0 Å². The van der Waals surface area contributed by atoms with Gasteiger partial charge in [0.05, 0.1) is 0 Å². The Morgan fingerprint density at radius 1 is 1.37 bits per heavy atom. The van der Waals surface area contributed by atoms with E-state index in [-0.39, 0.29) is 6.09 Å². The fraction of sp³-hybridized carbons (Fsp3) is 0.769. The number of likely N-dealkylation sites (tertiary alicyclic amines) is 1. The van der Waals surface area contributed by atoms with Crippen molar-refractivity contribution in [2.45, 2.75) is 52.2 Å². The van der Waals surface area contributed by atoms with E-state index in [9.17, 15) is 4.79 Å². The van der Waals surface area contributed by atoms with Crippen molar-refractivity contribution in [3.05, 3.63) is 12.2 Å². The van der Waals surface area contributed by atoms with Crippen LogP contribution in [0.15, 0.2) is 6.33 Å². The van der Waals surface area contributed by atoms with Crippen molar-refractivity contribution in [3.8, 4) is 0 Å². The summed E-state index contributed by atoms with van der Waals surface area (Å²) in [6, 6.07) is 0.383. The molecule has 1 aliphatic rings. The average Bonchev–Trinajstić information content (AvgIpc) is 2.73. The number of carbonyl (C=O) groups is 1. The van der Waals surface area contributed by atoms with Gasteiger partial charge in [-0.15, -0.1) is 10.2 Å². The van der Waals surface area contributed by atoms with Crippen molar-refractivity contribution >= 4 is 6.09 Å². The van der Waals surface area contributed by atoms with Gasteiger partial charge < -0.3 is 14.2 Å². The van der Waals surface area contributed by atoms with Gasteiger partial charge in [-0.2, -0.15) is 0 Å². The lowest BCUT2D eigenvalue weighted by Gasteiger charge is -2.34. The van der Waals surface area contributed by atoms with Crippen LogP contribution in [0.2, 0.25) is 0 Å². The van der Waals surface area contributed by atoms with Gasteiger partial charge in [0, 0.05) is 19.1 Å². The first kappa shape index (κ1) is 13.8. The van der Waals surface area contributed by atoms with Crippen LogP contribution in [0, 0.1) is 6.92 Å². The van der Waals surface area contributed by atoms with Crippen molar-refractivity contribution in [3.63, 3.8) is 0 Å². The predicted molar refractivity (Wildman–Crippen MR) is 70.8 cm³/mol. The maximum absolute atomic E-state index is 11.9. The minimum Gasteiger partial charge on any atom is -0.444 e. The summed E-state index contributed by atoms with van der Waals surface area (Å²) in [4.78, 5) is 13.7. The Labute approximate surface area is 113 Å². The highest BCUT2D eigenvalue weighted by Crippen LogP contribution is 2.24. The minimum absolute atomic E-state index is 0.216. The van der Waals surface area contributed by atoms with E-state index in [0.29, 0.717) is 6.04 Å². The van der Waals surface area contributed by atoms with Crippen LogP contribution in [0.1, 0.15) is 45.5 Å². The summed E-state index contributed by atoms with van der Waals surface area (Å²) >= 11 is 0. The summed E-state index contributed by atoms with van der Waals surface area (Å²) < 4.78 is 7.47. The molecule has 1 aromatic rings. The number of amides is 1. The number of rotatable bonds is 1. The van der Waals surface area contributed by atoms with Crippen LogP contribution >= 0.6 is 0 Å². The second-order valence-corrected chi connectivity index (χ2v) is 5.98. The van der Waals surface area contributed by atoms with E-state index < -0.39 is 5.60 Å². The molecule has 0 spiro atoms. The van der Waals surface area contributed by atoms with Gasteiger partial charge in [0.15, 0.2) is 0 Å². The Hall–Kier alpha value is -1.59. The van der Waals surface area contributed by atoms with Crippen molar-refractivity contribution in [1.82, 2.24) is 19.7 Å². The van der Waals surface area contributed by atoms with Gasteiger partial charge in [-0.1, -0.05) is 0 Å². The monoisotopic (exact) mass is 266 g/mol. The lowest BCUT2D eigenvalue weighted by Crippen LogP contribution is -2.42. The number of ether oxygens (including phenoxy) is 1. The largest absolute Gasteiger partial charge is 0.444 e. The van der Waals surface area contributed by atoms with Crippen molar-refractivity contribution in [1.29, 1.82) is 0 Å². The van der Waals surface area contributed by atoms with Crippen molar-refractivity contribution < 1.29 is 9.53 Å². The van der Waals surface area contributed by atoms with Gasteiger partial charge in [-0.3, -0.25) is 0 Å². The first-order valence-corrected chi connectivity index (χ1v) is 6.71. The second kappa shape index (κ2) is 5.19. The van der Waals surface area contributed by atoms with E-state index >= 15 is 0 Å². The number of nitrogens with zero attached hydrogens (tertiary/aromatic N) is 4. The molecule has 1 saturated heterocycles. The molecule has 0 saturated carbocycles. The molecule has 0 N–H and O–H groups in total. The molecular formula is C13H22N4O2. The van der Waals surface area contributed by atoms with Crippen LogP contribution in [-0.4, -0.2) is 44.4 Å². The number of hydrogen-bond donors (Lipinski definition) is 0. The Morgan fingerprint density at radius 2 is 2.00 bits per heavy atom. The Balaban J connectivity index is 1.89. The summed E-state index contributed by atoms with van der Waals surface area (Å²) in [6.07, 6.45) is 3.38. The van der Waals surface area contributed by atoms with E-state index in [1.807, 2.05) is 27.7 Å². The number of carbonyl (C=O) groups excluding carboxylic acids is 1. The molecule has 2 heterocycles. The smallest absolute Gasteiger partial charge is 0.410 e. The number of hydrogen-bond acceptors (Lipinski definition) is 4. The zero-order valence-electron chi connectivity index (χ0n) is 12.1. The average molecular weight is 266 g/mol. The molecule has 0 aliphatic carbocycles. The fourth-order valence-electron chi connectivity index (χ4n) is 2.31. The Morgan fingerprint density at radius 3 is 2.47 bits per heavy atom. The van der Waals surface area contributed by atoms with Crippen molar-refractivity contribution in [2.75, 3.05) is 13.1 Å².